The van der Waals surface area contributed by atoms with Gasteiger partial charge in [-0.15, -0.1) is 0 Å². The number of hydrogen-bond donors (Lipinski definition) is 2. The van der Waals surface area contributed by atoms with Crippen LogP contribution in [-0.2, 0) is 14.8 Å². The molecule has 1 aliphatic rings. The third-order valence-corrected chi connectivity index (χ3v) is 5.13. The van der Waals surface area contributed by atoms with Crippen molar-refractivity contribution in [1.82, 2.24) is 4.72 Å². The molecule has 0 unspecified atom stereocenters. The van der Waals surface area contributed by atoms with E-state index in [4.69, 9.17) is 22.7 Å². The van der Waals surface area contributed by atoms with Gasteiger partial charge in [-0.2, -0.15) is 0 Å². The molecule has 0 aromatic carbocycles. The normalized spacial score (nSPS) is 20.3. The Morgan fingerprint density at radius 2 is 1.89 bits per heavy atom. The highest BCUT2D eigenvalue weighted by atomic mass is 32.2. The summed E-state index contributed by atoms with van der Waals surface area (Å²) < 4.78 is 31.5. The maximum absolute atomic E-state index is 12.0. The van der Waals surface area contributed by atoms with E-state index in [1.165, 1.54) is 7.11 Å². The molecule has 0 aliphatic heterocycles. The summed E-state index contributed by atoms with van der Waals surface area (Å²) in [6, 6.07) is 0. The molecule has 0 spiro atoms. The van der Waals surface area contributed by atoms with E-state index in [0.717, 1.165) is 25.7 Å². The smallest absolute Gasteiger partial charge is 0.214 e. The number of methoxy groups -OCH3 is 1. The monoisotopic (exact) mass is 294 g/mol. The molecule has 5 nitrogen and oxygen atoms in total. The van der Waals surface area contributed by atoms with Crippen LogP contribution >= 0.6 is 12.2 Å². The predicted octanol–water partition coefficient (Wildman–Crippen LogP) is 0.931. The van der Waals surface area contributed by atoms with Gasteiger partial charge < -0.3 is 10.5 Å². The van der Waals surface area contributed by atoms with Crippen molar-refractivity contribution < 1.29 is 13.2 Å². The van der Waals surface area contributed by atoms with Crippen molar-refractivity contribution in [3.63, 3.8) is 0 Å². The molecule has 0 bridgehead atoms. The van der Waals surface area contributed by atoms with Gasteiger partial charge in [-0.25, -0.2) is 13.1 Å². The van der Waals surface area contributed by atoms with Crippen molar-refractivity contribution in [2.24, 2.45) is 5.73 Å². The van der Waals surface area contributed by atoms with Crippen LogP contribution in [-0.4, -0.2) is 38.4 Å². The Bertz CT molecular complexity index is 374. The second-order valence-electron chi connectivity index (χ2n) is 4.77. The third-order valence-electron chi connectivity index (χ3n) is 3.34. The van der Waals surface area contributed by atoms with Crippen molar-refractivity contribution in [3.8, 4) is 0 Å². The quantitative estimate of drug-likeness (QED) is 0.562. The Morgan fingerprint density at radius 1 is 1.33 bits per heavy atom. The zero-order valence-electron chi connectivity index (χ0n) is 10.8. The summed E-state index contributed by atoms with van der Waals surface area (Å²) >= 11 is 5.09. The summed E-state index contributed by atoms with van der Waals surface area (Å²) in [6.45, 7) is 0.169. The van der Waals surface area contributed by atoms with E-state index in [9.17, 15) is 8.42 Å². The minimum Gasteiger partial charge on any atom is -0.392 e. The minimum absolute atomic E-state index is 0.0616. The van der Waals surface area contributed by atoms with Crippen LogP contribution in [0.4, 0.5) is 0 Å². The average Bonchev–Trinajstić information content (AvgIpc) is 2.52. The van der Waals surface area contributed by atoms with Crippen molar-refractivity contribution in [2.75, 3.05) is 19.5 Å². The van der Waals surface area contributed by atoms with Crippen molar-refractivity contribution in [1.29, 1.82) is 0 Å². The van der Waals surface area contributed by atoms with Crippen LogP contribution in [0.3, 0.4) is 0 Å². The number of hydrogen-bond acceptors (Lipinski definition) is 4. The van der Waals surface area contributed by atoms with Crippen LogP contribution in [0.5, 0.6) is 0 Å². The first-order valence-corrected chi connectivity index (χ1v) is 8.28. The van der Waals surface area contributed by atoms with Gasteiger partial charge >= 0.3 is 0 Å². The van der Waals surface area contributed by atoms with Crippen LogP contribution in [0.25, 0.3) is 0 Å². The summed E-state index contributed by atoms with van der Waals surface area (Å²) in [5, 5.41) is 0. The second kappa shape index (κ2) is 6.79. The highest BCUT2D eigenvalue weighted by Gasteiger charge is 2.37. The van der Waals surface area contributed by atoms with E-state index < -0.39 is 15.6 Å². The zero-order valence-corrected chi connectivity index (χ0v) is 12.4. The fraction of sp³-hybridized carbons (Fsp3) is 0.909. The van der Waals surface area contributed by atoms with Gasteiger partial charge in [-0.05, 0) is 12.8 Å². The van der Waals surface area contributed by atoms with Gasteiger partial charge in [0.1, 0.15) is 0 Å². The first kappa shape index (κ1) is 15.8. The largest absolute Gasteiger partial charge is 0.392 e. The zero-order chi connectivity index (χ0) is 13.6. The topological polar surface area (TPSA) is 81.4 Å². The fourth-order valence-electron chi connectivity index (χ4n) is 2.27. The maximum atomic E-state index is 12.0. The summed E-state index contributed by atoms with van der Waals surface area (Å²) in [6.07, 6.45) is 5.48. The number of nitrogens with one attached hydrogen (secondary N) is 1. The maximum Gasteiger partial charge on any atom is 0.214 e. The molecule has 0 radical (unpaired) electrons. The van der Waals surface area contributed by atoms with Crippen molar-refractivity contribution in [3.05, 3.63) is 0 Å². The van der Waals surface area contributed by atoms with Crippen LogP contribution in [0.15, 0.2) is 0 Å². The number of rotatable bonds is 6. The molecular weight excluding hydrogens is 272 g/mol. The highest BCUT2D eigenvalue weighted by Crippen LogP contribution is 2.28. The van der Waals surface area contributed by atoms with Crippen molar-refractivity contribution in [2.45, 2.75) is 44.1 Å². The summed E-state index contributed by atoms with van der Waals surface area (Å²) in [7, 11) is -1.93. The van der Waals surface area contributed by atoms with Gasteiger partial charge in [-0.3, -0.25) is 0 Å². The van der Waals surface area contributed by atoms with E-state index in [1.807, 2.05) is 0 Å². The Balaban J connectivity index is 2.82. The molecule has 106 valence electrons. The second-order valence-corrected chi connectivity index (χ2v) is 7.06. The Labute approximate surface area is 115 Å². The van der Waals surface area contributed by atoms with Gasteiger partial charge in [0.2, 0.25) is 10.0 Å². The summed E-state index contributed by atoms with van der Waals surface area (Å²) in [5.41, 5.74) is 5.04. The van der Waals surface area contributed by atoms with Gasteiger partial charge in [-0.1, -0.05) is 37.9 Å². The molecule has 1 rings (SSSR count). The fourth-order valence-corrected chi connectivity index (χ4v) is 3.99. The van der Waals surface area contributed by atoms with Gasteiger partial charge in [0, 0.05) is 7.11 Å². The molecule has 7 heteroatoms. The number of sulfonamides is 1. The Hall–Kier alpha value is -0.240. The SMILES string of the molecule is COCCS(=O)(=O)NC1(C(N)=S)CCCCCC1. The van der Waals surface area contributed by atoms with Gasteiger partial charge in [0.15, 0.2) is 0 Å². The van der Waals surface area contributed by atoms with E-state index in [-0.39, 0.29) is 17.3 Å². The van der Waals surface area contributed by atoms with Crippen LogP contribution in [0.1, 0.15) is 38.5 Å². The first-order valence-electron chi connectivity index (χ1n) is 6.22. The standard InChI is InChI=1S/C11H22N2O3S2/c1-16-8-9-18(14,15)13-11(10(12)17)6-4-2-3-5-7-11/h13H,2-9H2,1H3,(H2,12,17). The van der Waals surface area contributed by atoms with Crippen molar-refractivity contribution >= 4 is 27.2 Å². The summed E-state index contributed by atoms with van der Waals surface area (Å²) in [5.74, 6) is -0.0616. The number of nitrogens with two attached hydrogens (primary N) is 1. The van der Waals surface area contributed by atoms with E-state index in [1.54, 1.807) is 0 Å². The predicted molar refractivity (Wildman–Crippen MR) is 76.0 cm³/mol. The van der Waals surface area contributed by atoms with Gasteiger partial charge in [0.05, 0.1) is 22.9 Å². The Kier molecular flexibility index (Phi) is 5.97. The lowest BCUT2D eigenvalue weighted by Gasteiger charge is -2.32. The van der Waals surface area contributed by atoms with Gasteiger partial charge in [0.25, 0.3) is 0 Å². The molecule has 0 saturated heterocycles. The van der Waals surface area contributed by atoms with Crippen LogP contribution in [0.2, 0.25) is 0 Å². The van der Waals surface area contributed by atoms with E-state index in [2.05, 4.69) is 4.72 Å². The molecule has 0 amide bonds. The molecule has 0 aromatic heterocycles. The third kappa shape index (κ3) is 4.46. The lowest BCUT2D eigenvalue weighted by atomic mass is 9.91. The molecule has 18 heavy (non-hydrogen) atoms. The number of thiocarbonyl (C=S) groups is 1. The van der Waals surface area contributed by atoms with E-state index >= 15 is 0 Å². The number of ether oxygens (including phenoxy) is 1. The first-order chi connectivity index (χ1) is 8.42. The molecular formula is C11H22N2O3S2. The molecule has 0 heterocycles. The molecule has 3 N–H and O–H groups in total. The average molecular weight is 294 g/mol. The highest BCUT2D eigenvalue weighted by molar-refractivity contribution is 7.89. The molecule has 1 aliphatic carbocycles. The molecule has 1 saturated carbocycles. The Morgan fingerprint density at radius 3 is 2.33 bits per heavy atom. The lowest BCUT2D eigenvalue weighted by molar-refractivity contribution is 0.216. The molecule has 0 aromatic rings. The van der Waals surface area contributed by atoms with Crippen LogP contribution < -0.4 is 10.5 Å². The summed E-state index contributed by atoms with van der Waals surface area (Å²) in [4.78, 5) is 0.255. The minimum atomic E-state index is -3.41. The molecule has 1 fully saturated rings. The lowest BCUT2D eigenvalue weighted by Crippen LogP contribution is -2.57. The van der Waals surface area contributed by atoms with E-state index in [0.29, 0.717) is 12.8 Å². The molecule has 0 atom stereocenters. The van der Waals surface area contributed by atoms with Crippen LogP contribution in [0, 0.1) is 0 Å².